The van der Waals surface area contributed by atoms with E-state index in [0.717, 1.165) is 17.5 Å². The van der Waals surface area contributed by atoms with Crippen molar-refractivity contribution in [3.63, 3.8) is 0 Å². The van der Waals surface area contributed by atoms with E-state index < -0.39 is 15.9 Å². The smallest absolute Gasteiger partial charge is 0.280 e. The molecule has 2 aromatic heterocycles. The van der Waals surface area contributed by atoms with E-state index in [1.807, 2.05) is 12.1 Å². The van der Waals surface area contributed by atoms with Crippen LogP contribution in [0.15, 0.2) is 75.3 Å². The summed E-state index contributed by atoms with van der Waals surface area (Å²) in [6, 6.07) is 14.9. The number of hydrazone groups is 1. The van der Waals surface area contributed by atoms with E-state index in [1.54, 1.807) is 25.3 Å². The third kappa shape index (κ3) is 5.29. The van der Waals surface area contributed by atoms with Gasteiger partial charge >= 0.3 is 0 Å². The number of thiazole rings is 1. The normalized spacial score (nSPS) is 15.4. The van der Waals surface area contributed by atoms with Gasteiger partial charge < -0.3 is 9.15 Å². The van der Waals surface area contributed by atoms with Crippen LogP contribution in [0.1, 0.15) is 35.9 Å². The van der Waals surface area contributed by atoms with Crippen molar-refractivity contribution >= 4 is 48.8 Å². The van der Waals surface area contributed by atoms with Gasteiger partial charge in [0.2, 0.25) is 15.2 Å². The first kappa shape index (κ1) is 25.1. The summed E-state index contributed by atoms with van der Waals surface area (Å²) in [5.74, 6) is 1.21. The zero-order valence-corrected chi connectivity index (χ0v) is 22.0. The van der Waals surface area contributed by atoms with Crippen LogP contribution in [0.2, 0.25) is 0 Å². The molecule has 1 aliphatic rings. The number of ether oxygens (including phenoxy) is 1. The number of aromatic nitrogens is 1. The molecule has 3 heterocycles. The molecule has 37 heavy (non-hydrogen) atoms. The van der Waals surface area contributed by atoms with Gasteiger partial charge in [0, 0.05) is 18.7 Å². The minimum atomic E-state index is -3.62. The van der Waals surface area contributed by atoms with Gasteiger partial charge in [0.1, 0.15) is 11.5 Å². The lowest BCUT2D eigenvalue weighted by Gasteiger charge is -2.29. The summed E-state index contributed by atoms with van der Waals surface area (Å²) < 4.78 is 39.1. The van der Waals surface area contributed by atoms with Crippen LogP contribution in [0.25, 0.3) is 10.2 Å². The van der Waals surface area contributed by atoms with Gasteiger partial charge in [-0.1, -0.05) is 18.3 Å². The third-order valence-electron chi connectivity index (χ3n) is 6.28. The van der Waals surface area contributed by atoms with Gasteiger partial charge in [0.25, 0.3) is 5.91 Å². The van der Waals surface area contributed by atoms with Crippen molar-refractivity contribution in [2.75, 3.05) is 25.2 Å². The van der Waals surface area contributed by atoms with Gasteiger partial charge in [0.05, 0.1) is 34.7 Å². The monoisotopic (exact) mass is 538 g/mol. The molecule has 0 unspecified atom stereocenters. The van der Waals surface area contributed by atoms with Gasteiger partial charge in [-0.2, -0.15) is 14.4 Å². The van der Waals surface area contributed by atoms with Crippen molar-refractivity contribution in [3.05, 3.63) is 72.2 Å². The molecule has 5 rings (SSSR count). The molecule has 0 bridgehead atoms. The van der Waals surface area contributed by atoms with Crippen molar-refractivity contribution in [1.29, 1.82) is 0 Å². The molecule has 1 amide bonds. The summed E-state index contributed by atoms with van der Waals surface area (Å²) in [6.07, 6.45) is 4.62. The Labute approximate surface area is 219 Å². The minimum absolute atomic E-state index is 0.163. The van der Waals surface area contributed by atoms with Crippen molar-refractivity contribution < 1.29 is 22.4 Å². The summed E-state index contributed by atoms with van der Waals surface area (Å²) in [5, 5.41) is 5.90. The fourth-order valence-corrected chi connectivity index (χ4v) is 6.46. The van der Waals surface area contributed by atoms with Crippen LogP contribution in [0.5, 0.6) is 5.75 Å². The third-order valence-corrected chi connectivity index (χ3v) is 9.19. The Kier molecular flexibility index (Phi) is 7.09. The standard InChI is InChI=1S/C26H26N4O5S2/c1-18-11-13-29(14-12-18)37(32,33)22-8-5-19(6-9-22)25(31)30(27-17-21-4-3-15-35-21)26-28-23-10-7-20(34-2)16-24(23)36-26/h3-10,15-18H,11-14H2,1-2H3/b27-17+. The average Bonchev–Trinajstić information content (AvgIpc) is 3.58. The fourth-order valence-electron chi connectivity index (χ4n) is 4.04. The number of sulfonamides is 1. The van der Waals surface area contributed by atoms with E-state index in [0.29, 0.717) is 41.2 Å². The number of amides is 1. The summed E-state index contributed by atoms with van der Waals surface area (Å²) in [7, 11) is -2.03. The number of nitrogens with zero attached hydrogens (tertiary/aromatic N) is 4. The maximum Gasteiger partial charge on any atom is 0.280 e. The van der Waals surface area contributed by atoms with E-state index >= 15 is 0 Å². The van der Waals surface area contributed by atoms with Crippen LogP contribution in [0, 0.1) is 5.92 Å². The first-order valence-electron chi connectivity index (χ1n) is 11.8. The number of carbonyl (C=O) groups excluding carboxylic acids is 1. The number of methoxy groups -OCH3 is 1. The molecule has 192 valence electrons. The van der Waals surface area contributed by atoms with E-state index in [1.165, 1.54) is 57.4 Å². The molecule has 2 aromatic carbocycles. The summed E-state index contributed by atoms with van der Waals surface area (Å²) in [5.41, 5.74) is 0.976. The van der Waals surface area contributed by atoms with Crippen LogP contribution in [-0.4, -0.2) is 50.0 Å². The Morgan fingerprint density at radius 2 is 1.95 bits per heavy atom. The molecule has 0 saturated carbocycles. The number of piperidine rings is 1. The maximum atomic E-state index is 13.6. The number of fused-ring (bicyclic) bond motifs is 1. The minimum Gasteiger partial charge on any atom is -0.497 e. The summed E-state index contributed by atoms with van der Waals surface area (Å²) in [4.78, 5) is 18.3. The van der Waals surface area contributed by atoms with E-state index in [2.05, 4.69) is 17.0 Å². The van der Waals surface area contributed by atoms with Gasteiger partial charge in [-0.15, -0.1) is 0 Å². The predicted molar refractivity (Wildman–Crippen MR) is 143 cm³/mol. The van der Waals surface area contributed by atoms with Crippen LogP contribution in [0.3, 0.4) is 0 Å². The lowest BCUT2D eigenvalue weighted by Crippen LogP contribution is -2.37. The first-order valence-corrected chi connectivity index (χ1v) is 14.1. The second-order valence-corrected chi connectivity index (χ2v) is 11.8. The summed E-state index contributed by atoms with van der Waals surface area (Å²) in [6.45, 7) is 3.14. The average molecular weight is 539 g/mol. The number of anilines is 1. The first-order chi connectivity index (χ1) is 17.8. The lowest BCUT2D eigenvalue weighted by atomic mass is 10.0. The van der Waals surface area contributed by atoms with E-state index in [-0.39, 0.29) is 10.5 Å². The molecular weight excluding hydrogens is 512 g/mol. The Balaban J connectivity index is 1.45. The maximum absolute atomic E-state index is 13.6. The van der Waals surface area contributed by atoms with Gasteiger partial charge in [0.15, 0.2) is 0 Å². The lowest BCUT2D eigenvalue weighted by molar-refractivity contribution is 0.0987. The van der Waals surface area contributed by atoms with Crippen LogP contribution < -0.4 is 9.75 Å². The largest absolute Gasteiger partial charge is 0.497 e. The molecule has 0 radical (unpaired) electrons. The van der Waals surface area contributed by atoms with Gasteiger partial charge in [-0.3, -0.25) is 4.79 Å². The van der Waals surface area contributed by atoms with Gasteiger partial charge in [-0.25, -0.2) is 13.4 Å². The van der Waals surface area contributed by atoms with E-state index in [9.17, 15) is 13.2 Å². The molecule has 0 spiro atoms. The quantitative estimate of drug-likeness (QED) is 0.242. The van der Waals surface area contributed by atoms with Crippen molar-refractivity contribution in [1.82, 2.24) is 9.29 Å². The number of hydrogen-bond donors (Lipinski definition) is 0. The molecule has 0 aliphatic carbocycles. The van der Waals surface area contributed by atoms with Crippen molar-refractivity contribution in [2.45, 2.75) is 24.7 Å². The zero-order valence-electron chi connectivity index (χ0n) is 20.4. The van der Waals surface area contributed by atoms with Gasteiger partial charge in [-0.05, 0) is 73.4 Å². The number of carbonyl (C=O) groups is 1. The van der Waals surface area contributed by atoms with Crippen LogP contribution >= 0.6 is 11.3 Å². The fraction of sp³-hybridized carbons (Fsp3) is 0.269. The SMILES string of the molecule is COc1ccc2nc(N(/N=C/c3ccco3)C(=O)c3ccc(S(=O)(=O)N4CCC(C)CC4)cc3)sc2c1. The highest BCUT2D eigenvalue weighted by Crippen LogP contribution is 2.33. The summed E-state index contributed by atoms with van der Waals surface area (Å²) >= 11 is 1.29. The highest BCUT2D eigenvalue weighted by atomic mass is 32.2. The number of rotatable bonds is 7. The Hall–Kier alpha value is -3.54. The Morgan fingerprint density at radius 3 is 2.62 bits per heavy atom. The molecule has 0 atom stereocenters. The number of benzene rings is 2. The van der Waals surface area contributed by atoms with Crippen LogP contribution in [0.4, 0.5) is 5.13 Å². The second-order valence-electron chi connectivity index (χ2n) is 8.82. The molecule has 1 aliphatic heterocycles. The molecule has 1 saturated heterocycles. The highest BCUT2D eigenvalue weighted by molar-refractivity contribution is 7.89. The number of furan rings is 1. The molecule has 11 heteroatoms. The Morgan fingerprint density at radius 1 is 1.19 bits per heavy atom. The molecular formula is C26H26N4O5S2. The second kappa shape index (κ2) is 10.4. The van der Waals surface area contributed by atoms with Crippen LogP contribution in [-0.2, 0) is 10.0 Å². The Bertz CT molecular complexity index is 1520. The molecule has 0 N–H and O–H groups in total. The topological polar surface area (TPSA) is 105 Å². The zero-order chi connectivity index (χ0) is 26.0. The number of hydrogen-bond acceptors (Lipinski definition) is 8. The van der Waals surface area contributed by atoms with E-state index in [4.69, 9.17) is 9.15 Å². The van der Waals surface area contributed by atoms with Crippen molar-refractivity contribution in [3.8, 4) is 5.75 Å². The predicted octanol–water partition coefficient (Wildman–Crippen LogP) is 5.00. The molecule has 1 fully saturated rings. The van der Waals surface area contributed by atoms with Crippen molar-refractivity contribution in [2.24, 2.45) is 11.0 Å². The molecule has 9 nitrogen and oxygen atoms in total. The highest BCUT2D eigenvalue weighted by Gasteiger charge is 2.29. The molecule has 4 aromatic rings.